The number of nitro benzene ring substituents is 1. The van der Waals surface area contributed by atoms with Gasteiger partial charge in [-0.05, 0) is 50.5 Å². The second-order valence-corrected chi connectivity index (χ2v) is 8.36. The van der Waals surface area contributed by atoms with Gasteiger partial charge in [0.2, 0.25) is 5.82 Å². The zero-order chi connectivity index (χ0) is 19.5. The molecule has 1 aliphatic rings. The predicted octanol–water partition coefficient (Wildman–Crippen LogP) is 2.89. The van der Waals surface area contributed by atoms with E-state index in [1.165, 1.54) is 6.07 Å². The number of nitrogens with one attached hydrogen (secondary N) is 1. The molecule has 2 rings (SSSR count). The van der Waals surface area contributed by atoms with Crippen LogP contribution in [0.4, 0.5) is 14.9 Å². The zero-order valence-corrected chi connectivity index (χ0v) is 15.7. The molecule has 0 radical (unpaired) electrons. The molecule has 1 heterocycles. The Bertz CT molecular complexity index is 680. The van der Waals surface area contributed by atoms with Gasteiger partial charge in [0, 0.05) is 11.8 Å². The van der Waals surface area contributed by atoms with Crippen molar-refractivity contribution in [1.82, 2.24) is 5.32 Å². The zero-order valence-electron chi connectivity index (χ0n) is 14.9. The van der Waals surface area contributed by atoms with Gasteiger partial charge < -0.3 is 15.2 Å². The van der Waals surface area contributed by atoms with E-state index in [9.17, 15) is 24.4 Å². The van der Waals surface area contributed by atoms with Crippen LogP contribution < -0.4 is 5.32 Å². The summed E-state index contributed by atoms with van der Waals surface area (Å²) in [6.07, 6.45) is -1.05. The van der Waals surface area contributed by atoms with E-state index in [-0.39, 0.29) is 5.92 Å². The molecule has 1 aromatic carbocycles. The van der Waals surface area contributed by atoms with Crippen molar-refractivity contribution in [2.24, 2.45) is 5.92 Å². The van der Waals surface area contributed by atoms with E-state index >= 15 is 0 Å². The average Bonchev–Trinajstić information content (AvgIpc) is 2.49. The molecule has 7 nitrogen and oxygen atoms in total. The van der Waals surface area contributed by atoms with Gasteiger partial charge in [-0.15, -0.1) is 0 Å². The van der Waals surface area contributed by atoms with Gasteiger partial charge in [0.25, 0.3) is 0 Å². The van der Waals surface area contributed by atoms with Crippen molar-refractivity contribution < 1.29 is 24.0 Å². The van der Waals surface area contributed by atoms with Gasteiger partial charge in [-0.3, -0.25) is 10.1 Å². The number of aliphatic hydroxyl groups is 1. The molecule has 144 valence electrons. The fourth-order valence-corrected chi connectivity index (χ4v) is 4.05. The second kappa shape index (κ2) is 8.22. The van der Waals surface area contributed by atoms with Gasteiger partial charge >= 0.3 is 11.8 Å². The maximum Gasteiger partial charge on any atom is 0.407 e. The number of hydrogen-bond acceptors (Lipinski definition) is 6. The Morgan fingerprint density at radius 2 is 2.15 bits per heavy atom. The molecule has 0 aliphatic carbocycles. The molecular formula is C17H23FN2O5S. The Balaban J connectivity index is 2.01. The summed E-state index contributed by atoms with van der Waals surface area (Å²) in [4.78, 5) is 21.8. The number of carbonyl (C=O) groups is 1. The van der Waals surface area contributed by atoms with E-state index in [1.54, 1.807) is 32.5 Å². The second-order valence-electron chi connectivity index (χ2n) is 7.29. The molecule has 1 aromatic rings. The van der Waals surface area contributed by atoms with Crippen LogP contribution >= 0.6 is 11.8 Å². The summed E-state index contributed by atoms with van der Waals surface area (Å²) in [6, 6.07) is 3.27. The number of halogens is 1. The van der Waals surface area contributed by atoms with Crippen molar-refractivity contribution >= 4 is 23.5 Å². The van der Waals surface area contributed by atoms with Gasteiger partial charge in [-0.1, -0.05) is 6.07 Å². The Hall–Kier alpha value is -1.87. The summed E-state index contributed by atoms with van der Waals surface area (Å²) in [5, 5.41) is 23.9. The number of carbonyl (C=O) groups excluding carboxylic acids is 1. The lowest BCUT2D eigenvalue weighted by molar-refractivity contribution is -0.387. The molecule has 3 atom stereocenters. The maximum atomic E-state index is 13.8. The van der Waals surface area contributed by atoms with Gasteiger partial charge in [-0.25, -0.2) is 4.79 Å². The van der Waals surface area contributed by atoms with Crippen LogP contribution in [0.25, 0.3) is 0 Å². The quantitative estimate of drug-likeness (QED) is 0.609. The number of nitrogens with zero attached hydrogens (tertiary/aromatic N) is 1. The summed E-state index contributed by atoms with van der Waals surface area (Å²) in [5.41, 5.74) is -0.639. The smallest absolute Gasteiger partial charge is 0.407 e. The normalized spacial score (nSPS) is 23.3. The largest absolute Gasteiger partial charge is 0.444 e. The standard InChI is InChI=1S/C17H23FN2O5S/c1-17(2,3)25-16(22)19-13-9-26-8-11(15(13)21)6-10-4-5-14(20(23)24)12(18)7-10/h4-5,7,11,13,15,21H,6,8-9H2,1-3H3,(H,19,22)/t11-,13+,15-/m1/s1. The van der Waals surface area contributed by atoms with Crippen LogP contribution in [-0.2, 0) is 11.2 Å². The molecule has 0 unspecified atom stereocenters. The number of nitro groups is 1. The Labute approximate surface area is 155 Å². The third-order valence-electron chi connectivity index (χ3n) is 3.93. The van der Waals surface area contributed by atoms with Crippen LogP contribution in [0.1, 0.15) is 26.3 Å². The Morgan fingerprint density at radius 1 is 1.46 bits per heavy atom. The number of amides is 1. The number of aliphatic hydroxyl groups excluding tert-OH is 1. The first-order chi connectivity index (χ1) is 12.1. The topological polar surface area (TPSA) is 102 Å². The molecule has 0 aromatic heterocycles. The van der Waals surface area contributed by atoms with Crippen molar-refractivity contribution in [2.75, 3.05) is 11.5 Å². The highest BCUT2D eigenvalue weighted by molar-refractivity contribution is 7.99. The highest BCUT2D eigenvalue weighted by Gasteiger charge is 2.34. The van der Waals surface area contributed by atoms with Crippen molar-refractivity contribution in [3.8, 4) is 0 Å². The Morgan fingerprint density at radius 3 is 2.73 bits per heavy atom. The molecule has 2 N–H and O–H groups in total. The van der Waals surface area contributed by atoms with Crippen LogP contribution in [-0.4, -0.2) is 45.4 Å². The van der Waals surface area contributed by atoms with E-state index in [0.717, 1.165) is 12.1 Å². The van der Waals surface area contributed by atoms with Crippen LogP contribution in [0.2, 0.25) is 0 Å². The number of ether oxygens (including phenoxy) is 1. The first-order valence-electron chi connectivity index (χ1n) is 8.25. The van der Waals surface area contributed by atoms with Crippen LogP contribution in [0.3, 0.4) is 0 Å². The molecule has 1 saturated heterocycles. The first-order valence-corrected chi connectivity index (χ1v) is 9.40. The molecule has 0 saturated carbocycles. The summed E-state index contributed by atoms with van der Waals surface area (Å²) in [5.74, 6) is 0.0843. The lowest BCUT2D eigenvalue weighted by Crippen LogP contribution is -2.52. The van der Waals surface area contributed by atoms with Gasteiger partial charge in [0.15, 0.2) is 0 Å². The molecule has 26 heavy (non-hydrogen) atoms. The van der Waals surface area contributed by atoms with Crippen LogP contribution in [0.5, 0.6) is 0 Å². The van der Waals surface area contributed by atoms with Gasteiger partial charge in [-0.2, -0.15) is 16.2 Å². The lowest BCUT2D eigenvalue weighted by atomic mass is 9.91. The lowest BCUT2D eigenvalue weighted by Gasteiger charge is -2.35. The minimum Gasteiger partial charge on any atom is -0.444 e. The number of rotatable bonds is 4. The van der Waals surface area contributed by atoms with E-state index in [0.29, 0.717) is 23.5 Å². The SMILES string of the molecule is CC(C)(C)OC(=O)N[C@H]1CSC[C@@H](Cc2ccc([N+](=O)[O-])c(F)c2)[C@H]1O. The first kappa shape index (κ1) is 20.4. The van der Waals surface area contributed by atoms with Crippen molar-refractivity contribution in [3.63, 3.8) is 0 Å². The summed E-state index contributed by atoms with van der Waals surface area (Å²) in [7, 11) is 0. The third kappa shape index (κ3) is 5.57. The summed E-state index contributed by atoms with van der Waals surface area (Å²) >= 11 is 1.57. The number of alkyl carbamates (subject to hydrolysis) is 1. The van der Waals surface area contributed by atoms with Crippen LogP contribution in [0.15, 0.2) is 18.2 Å². The number of benzene rings is 1. The highest BCUT2D eigenvalue weighted by Crippen LogP contribution is 2.28. The highest BCUT2D eigenvalue weighted by atomic mass is 32.2. The molecule has 1 amide bonds. The third-order valence-corrected chi connectivity index (χ3v) is 5.19. The summed E-state index contributed by atoms with van der Waals surface area (Å²) in [6.45, 7) is 5.26. The number of thioether (sulfide) groups is 1. The molecule has 1 fully saturated rings. The fraction of sp³-hybridized carbons (Fsp3) is 0.588. The van der Waals surface area contributed by atoms with Gasteiger partial charge in [0.1, 0.15) is 5.60 Å². The Kier molecular flexibility index (Phi) is 6.46. The average molecular weight is 386 g/mol. The predicted molar refractivity (Wildman–Crippen MR) is 96.7 cm³/mol. The monoisotopic (exact) mass is 386 g/mol. The minimum atomic E-state index is -0.895. The van der Waals surface area contributed by atoms with E-state index in [2.05, 4.69) is 5.32 Å². The molecular weight excluding hydrogens is 363 g/mol. The molecule has 0 bridgehead atoms. The van der Waals surface area contributed by atoms with Crippen molar-refractivity contribution in [1.29, 1.82) is 0 Å². The molecule has 0 spiro atoms. The summed E-state index contributed by atoms with van der Waals surface area (Å²) < 4.78 is 19.0. The van der Waals surface area contributed by atoms with Crippen molar-refractivity contribution in [2.45, 2.75) is 44.9 Å². The van der Waals surface area contributed by atoms with Crippen molar-refractivity contribution in [3.05, 3.63) is 39.7 Å². The number of hydrogen-bond donors (Lipinski definition) is 2. The minimum absolute atomic E-state index is 0.213. The van der Waals surface area contributed by atoms with Gasteiger partial charge in [0.05, 0.1) is 17.1 Å². The molecule has 9 heteroatoms. The van der Waals surface area contributed by atoms with Crippen LogP contribution in [0, 0.1) is 21.8 Å². The van der Waals surface area contributed by atoms with E-state index in [1.807, 2.05) is 0 Å². The van der Waals surface area contributed by atoms with E-state index in [4.69, 9.17) is 4.74 Å². The maximum absolute atomic E-state index is 13.8. The fourth-order valence-electron chi connectivity index (χ4n) is 2.77. The van der Waals surface area contributed by atoms with E-state index < -0.39 is 40.3 Å². The molecule has 1 aliphatic heterocycles.